The van der Waals surface area contributed by atoms with Crippen molar-refractivity contribution in [3.05, 3.63) is 22.5 Å². The summed E-state index contributed by atoms with van der Waals surface area (Å²) in [5.41, 5.74) is 6.04. The predicted octanol–water partition coefficient (Wildman–Crippen LogP) is 1.49. The molecule has 90 valence electrons. The van der Waals surface area contributed by atoms with Crippen molar-refractivity contribution in [2.24, 2.45) is 5.73 Å². The van der Waals surface area contributed by atoms with Crippen molar-refractivity contribution in [2.75, 3.05) is 20.8 Å². The number of benzene rings is 1. The van der Waals surface area contributed by atoms with E-state index < -0.39 is 11.9 Å². The number of aliphatic hydroxyl groups excluding tert-OH is 1. The van der Waals surface area contributed by atoms with Crippen molar-refractivity contribution in [1.82, 2.24) is 0 Å². The quantitative estimate of drug-likeness (QED) is 0.849. The van der Waals surface area contributed by atoms with Crippen molar-refractivity contribution >= 4 is 11.6 Å². The Labute approximate surface area is 97.7 Å². The zero-order valence-corrected chi connectivity index (χ0v) is 9.71. The lowest BCUT2D eigenvalue weighted by atomic mass is 10.1. The van der Waals surface area contributed by atoms with E-state index in [0.29, 0.717) is 5.56 Å². The second kappa shape index (κ2) is 5.34. The van der Waals surface area contributed by atoms with E-state index in [2.05, 4.69) is 0 Å². The van der Waals surface area contributed by atoms with Crippen LogP contribution in [0.1, 0.15) is 11.6 Å². The van der Waals surface area contributed by atoms with Crippen molar-refractivity contribution in [2.45, 2.75) is 6.04 Å². The molecule has 1 atom stereocenters. The van der Waals surface area contributed by atoms with Crippen LogP contribution in [0.5, 0.6) is 11.5 Å². The van der Waals surface area contributed by atoms with Crippen LogP contribution in [0, 0.1) is 5.82 Å². The summed E-state index contributed by atoms with van der Waals surface area (Å²) in [5, 5.41) is 8.85. The van der Waals surface area contributed by atoms with Gasteiger partial charge in [0.2, 0.25) is 0 Å². The molecule has 0 aliphatic carbocycles. The van der Waals surface area contributed by atoms with Gasteiger partial charge in [-0.1, -0.05) is 11.6 Å². The van der Waals surface area contributed by atoms with Crippen molar-refractivity contribution in [1.29, 1.82) is 0 Å². The summed E-state index contributed by atoms with van der Waals surface area (Å²) in [6, 6.07) is 0.612. The first-order chi connectivity index (χ1) is 7.56. The van der Waals surface area contributed by atoms with Crippen LogP contribution in [0.3, 0.4) is 0 Å². The number of rotatable bonds is 4. The first kappa shape index (κ1) is 13.0. The van der Waals surface area contributed by atoms with Gasteiger partial charge in [0.05, 0.1) is 31.9 Å². The third-order valence-corrected chi connectivity index (χ3v) is 2.44. The lowest BCUT2D eigenvalue weighted by Gasteiger charge is -2.17. The average molecular weight is 250 g/mol. The minimum absolute atomic E-state index is 0.117. The van der Waals surface area contributed by atoms with Gasteiger partial charge in [-0.3, -0.25) is 0 Å². The molecule has 1 aromatic rings. The maximum Gasteiger partial charge on any atom is 0.198 e. The molecule has 0 radical (unpaired) electrons. The van der Waals surface area contributed by atoms with Gasteiger partial charge in [0.25, 0.3) is 0 Å². The van der Waals surface area contributed by atoms with Gasteiger partial charge >= 0.3 is 0 Å². The van der Waals surface area contributed by atoms with E-state index in [1.165, 1.54) is 20.3 Å². The number of ether oxygens (including phenoxy) is 2. The monoisotopic (exact) mass is 249 g/mol. The van der Waals surface area contributed by atoms with E-state index in [9.17, 15) is 4.39 Å². The molecular weight excluding hydrogens is 237 g/mol. The molecule has 0 bridgehead atoms. The highest BCUT2D eigenvalue weighted by Crippen LogP contribution is 2.40. The van der Waals surface area contributed by atoms with Crippen LogP contribution in [0.2, 0.25) is 5.02 Å². The number of halogens is 2. The maximum absolute atomic E-state index is 13.6. The minimum Gasteiger partial charge on any atom is -0.492 e. The second-order valence-electron chi connectivity index (χ2n) is 3.12. The van der Waals surface area contributed by atoms with Crippen molar-refractivity contribution < 1.29 is 19.0 Å². The van der Waals surface area contributed by atoms with Gasteiger partial charge < -0.3 is 20.3 Å². The molecule has 0 aliphatic rings. The molecule has 0 amide bonds. The normalized spacial score (nSPS) is 12.4. The summed E-state index contributed by atoms with van der Waals surface area (Å²) in [7, 11) is 2.66. The lowest BCUT2D eigenvalue weighted by Crippen LogP contribution is -2.16. The summed E-state index contributed by atoms with van der Waals surface area (Å²) in [6.07, 6.45) is 0. The van der Waals surface area contributed by atoms with Crippen LogP contribution < -0.4 is 15.2 Å². The number of methoxy groups -OCH3 is 2. The van der Waals surface area contributed by atoms with E-state index in [0.717, 1.165) is 0 Å². The lowest BCUT2D eigenvalue weighted by molar-refractivity contribution is 0.262. The van der Waals surface area contributed by atoms with Gasteiger partial charge in [-0.25, -0.2) is 4.39 Å². The van der Waals surface area contributed by atoms with Gasteiger partial charge in [-0.05, 0) is 6.07 Å². The molecule has 0 heterocycles. The summed E-state index contributed by atoms with van der Waals surface area (Å²) < 4.78 is 23.4. The third kappa shape index (κ3) is 2.21. The first-order valence-corrected chi connectivity index (χ1v) is 4.90. The molecule has 0 aromatic heterocycles. The molecule has 1 unspecified atom stereocenters. The van der Waals surface area contributed by atoms with Gasteiger partial charge in [-0.2, -0.15) is 0 Å². The van der Waals surface area contributed by atoms with Crippen LogP contribution >= 0.6 is 11.6 Å². The molecule has 3 N–H and O–H groups in total. The number of hydrogen-bond acceptors (Lipinski definition) is 4. The molecule has 0 fully saturated rings. The molecule has 16 heavy (non-hydrogen) atoms. The van der Waals surface area contributed by atoms with Crippen LogP contribution in [-0.4, -0.2) is 25.9 Å². The largest absolute Gasteiger partial charge is 0.492 e. The Morgan fingerprint density at radius 2 is 2.00 bits per heavy atom. The van der Waals surface area contributed by atoms with E-state index in [1.54, 1.807) is 0 Å². The molecule has 6 heteroatoms. The van der Waals surface area contributed by atoms with E-state index in [-0.39, 0.29) is 23.1 Å². The molecule has 0 saturated heterocycles. The van der Waals surface area contributed by atoms with Crippen molar-refractivity contribution in [3.8, 4) is 11.5 Å². The zero-order chi connectivity index (χ0) is 12.3. The summed E-state index contributed by atoms with van der Waals surface area (Å²) in [6.45, 7) is -0.304. The maximum atomic E-state index is 13.6. The molecule has 4 nitrogen and oxygen atoms in total. The predicted molar refractivity (Wildman–Crippen MR) is 58.5 cm³/mol. The molecule has 0 spiro atoms. The summed E-state index contributed by atoms with van der Waals surface area (Å²) >= 11 is 5.68. The van der Waals surface area contributed by atoms with E-state index in [1.807, 2.05) is 0 Å². The minimum atomic E-state index is -0.713. The smallest absolute Gasteiger partial charge is 0.198 e. The van der Waals surface area contributed by atoms with Gasteiger partial charge in [-0.15, -0.1) is 0 Å². The van der Waals surface area contributed by atoms with E-state index >= 15 is 0 Å². The summed E-state index contributed by atoms with van der Waals surface area (Å²) in [4.78, 5) is 0. The fraction of sp³-hybridized carbons (Fsp3) is 0.400. The SMILES string of the molecule is COc1c(C(N)CO)cc(Cl)c(F)c1OC. The number of hydrogen-bond donors (Lipinski definition) is 2. The Hall–Kier alpha value is -1.04. The van der Waals surface area contributed by atoms with Crippen LogP contribution in [0.4, 0.5) is 4.39 Å². The van der Waals surface area contributed by atoms with Crippen LogP contribution in [-0.2, 0) is 0 Å². The fourth-order valence-corrected chi connectivity index (χ4v) is 1.57. The van der Waals surface area contributed by atoms with Crippen LogP contribution in [0.25, 0.3) is 0 Å². The second-order valence-corrected chi connectivity index (χ2v) is 3.52. The van der Waals surface area contributed by atoms with Crippen molar-refractivity contribution in [3.63, 3.8) is 0 Å². The summed E-state index contributed by atoms with van der Waals surface area (Å²) in [5.74, 6) is -0.685. The Kier molecular flexibility index (Phi) is 4.35. The Morgan fingerprint density at radius 3 is 2.44 bits per heavy atom. The average Bonchev–Trinajstić information content (AvgIpc) is 2.30. The number of nitrogens with two attached hydrogens (primary N) is 1. The number of aliphatic hydroxyl groups is 1. The highest BCUT2D eigenvalue weighted by atomic mass is 35.5. The molecule has 0 aliphatic heterocycles. The molecule has 0 saturated carbocycles. The third-order valence-electron chi connectivity index (χ3n) is 2.16. The molecule has 1 aromatic carbocycles. The topological polar surface area (TPSA) is 64.7 Å². The Bertz CT molecular complexity index is 387. The van der Waals surface area contributed by atoms with Gasteiger partial charge in [0, 0.05) is 5.56 Å². The van der Waals surface area contributed by atoms with Crippen LogP contribution in [0.15, 0.2) is 6.07 Å². The molecular formula is C10H13ClFNO3. The fourth-order valence-electron chi connectivity index (χ4n) is 1.37. The Morgan fingerprint density at radius 1 is 1.44 bits per heavy atom. The molecule has 1 rings (SSSR count). The highest BCUT2D eigenvalue weighted by molar-refractivity contribution is 6.31. The standard InChI is InChI=1S/C10H13ClFNO3/c1-15-9-5(7(13)4-14)3-6(11)8(12)10(9)16-2/h3,7,14H,4,13H2,1-2H3. The zero-order valence-electron chi connectivity index (χ0n) is 8.96. The van der Waals surface area contributed by atoms with Gasteiger partial charge in [0.1, 0.15) is 0 Å². The highest BCUT2D eigenvalue weighted by Gasteiger charge is 2.22. The Balaban J connectivity index is 3.43. The van der Waals surface area contributed by atoms with Gasteiger partial charge in [0.15, 0.2) is 17.3 Å². The first-order valence-electron chi connectivity index (χ1n) is 4.53. The van der Waals surface area contributed by atoms with E-state index in [4.69, 9.17) is 31.9 Å².